The standard InChI is InChI=1S/C12H23N3/c1-12(2,3)10(9-13-4)8-11-6-7-15(5)14-11/h6-7,10,13H,8-9H2,1-5H3. The van der Waals surface area contributed by atoms with Crippen molar-refractivity contribution in [1.82, 2.24) is 15.1 Å². The van der Waals surface area contributed by atoms with E-state index in [1.165, 1.54) is 5.69 Å². The highest BCUT2D eigenvalue weighted by molar-refractivity contribution is 5.01. The maximum atomic E-state index is 4.44. The molecule has 86 valence electrons. The van der Waals surface area contributed by atoms with E-state index in [1.54, 1.807) is 0 Å². The van der Waals surface area contributed by atoms with Gasteiger partial charge < -0.3 is 5.32 Å². The highest BCUT2D eigenvalue weighted by atomic mass is 15.2. The minimum Gasteiger partial charge on any atom is -0.319 e. The van der Waals surface area contributed by atoms with E-state index in [1.807, 2.05) is 25.0 Å². The zero-order chi connectivity index (χ0) is 11.5. The van der Waals surface area contributed by atoms with Gasteiger partial charge in [0.05, 0.1) is 5.69 Å². The SMILES string of the molecule is CNCC(Cc1ccn(C)n1)C(C)(C)C. The summed E-state index contributed by atoms with van der Waals surface area (Å²) in [6.07, 6.45) is 3.06. The molecule has 0 amide bonds. The summed E-state index contributed by atoms with van der Waals surface area (Å²) in [5.74, 6) is 0.623. The van der Waals surface area contributed by atoms with Crippen LogP contribution < -0.4 is 5.32 Å². The zero-order valence-corrected chi connectivity index (χ0v) is 10.5. The molecule has 1 rings (SSSR count). The molecule has 0 bridgehead atoms. The van der Waals surface area contributed by atoms with E-state index in [9.17, 15) is 0 Å². The van der Waals surface area contributed by atoms with Crippen molar-refractivity contribution < 1.29 is 0 Å². The zero-order valence-electron chi connectivity index (χ0n) is 10.5. The molecule has 0 saturated heterocycles. The molecule has 3 nitrogen and oxygen atoms in total. The molecule has 0 aliphatic carbocycles. The van der Waals surface area contributed by atoms with Crippen LogP contribution in [0, 0.1) is 11.3 Å². The molecule has 1 N–H and O–H groups in total. The lowest BCUT2D eigenvalue weighted by Crippen LogP contribution is -2.31. The minimum absolute atomic E-state index is 0.320. The quantitative estimate of drug-likeness (QED) is 0.820. The third kappa shape index (κ3) is 3.67. The van der Waals surface area contributed by atoms with Gasteiger partial charge in [0, 0.05) is 13.2 Å². The summed E-state index contributed by atoms with van der Waals surface area (Å²) in [4.78, 5) is 0. The Bertz CT molecular complexity index is 296. The highest BCUT2D eigenvalue weighted by Crippen LogP contribution is 2.28. The predicted octanol–water partition coefficient (Wildman–Crippen LogP) is 1.84. The van der Waals surface area contributed by atoms with Crippen molar-refractivity contribution in [2.75, 3.05) is 13.6 Å². The molecule has 3 heteroatoms. The fourth-order valence-corrected chi connectivity index (χ4v) is 1.76. The first-order valence-corrected chi connectivity index (χ1v) is 5.56. The summed E-state index contributed by atoms with van der Waals surface area (Å²) in [6, 6.07) is 2.11. The Morgan fingerprint density at radius 2 is 2.13 bits per heavy atom. The normalized spacial score (nSPS) is 14.2. The van der Waals surface area contributed by atoms with E-state index in [-0.39, 0.29) is 0 Å². The third-order valence-electron chi connectivity index (χ3n) is 2.90. The number of nitrogens with one attached hydrogen (secondary N) is 1. The summed E-state index contributed by atoms with van der Waals surface area (Å²) in [6.45, 7) is 7.91. The molecule has 1 unspecified atom stereocenters. The van der Waals surface area contributed by atoms with Crippen LogP contribution in [0.5, 0.6) is 0 Å². The maximum Gasteiger partial charge on any atom is 0.0627 e. The van der Waals surface area contributed by atoms with Crippen LogP contribution in [0.3, 0.4) is 0 Å². The van der Waals surface area contributed by atoms with Crippen molar-refractivity contribution >= 4 is 0 Å². The summed E-state index contributed by atoms with van der Waals surface area (Å²) in [5, 5.41) is 7.70. The van der Waals surface area contributed by atoms with Gasteiger partial charge >= 0.3 is 0 Å². The molecule has 1 heterocycles. The van der Waals surface area contributed by atoms with Gasteiger partial charge in [0.1, 0.15) is 0 Å². The largest absolute Gasteiger partial charge is 0.319 e. The molecule has 0 aromatic carbocycles. The lowest BCUT2D eigenvalue weighted by Gasteiger charge is -2.30. The van der Waals surface area contributed by atoms with Gasteiger partial charge in [-0.2, -0.15) is 5.10 Å². The van der Waals surface area contributed by atoms with Crippen molar-refractivity contribution in [3.63, 3.8) is 0 Å². The number of nitrogens with zero attached hydrogens (tertiary/aromatic N) is 2. The molecule has 1 aromatic rings. The van der Waals surface area contributed by atoms with Gasteiger partial charge in [0.2, 0.25) is 0 Å². The van der Waals surface area contributed by atoms with Crippen molar-refractivity contribution in [2.24, 2.45) is 18.4 Å². The van der Waals surface area contributed by atoms with E-state index in [2.05, 4.69) is 37.3 Å². The average Bonchev–Trinajstić information content (AvgIpc) is 2.49. The monoisotopic (exact) mass is 209 g/mol. The number of rotatable bonds is 4. The number of hydrogen-bond donors (Lipinski definition) is 1. The first-order chi connectivity index (χ1) is 6.93. The van der Waals surface area contributed by atoms with Crippen molar-refractivity contribution in [1.29, 1.82) is 0 Å². The first kappa shape index (κ1) is 12.2. The van der Waals surface area contributed by atoms with E-state index in [0.29, 0.717) is 11.3 Å². The van der Waals surface area contributed by atoms with Gasteiger partial charge in [-0.15, -0.1) is 0 Å². The number of aromatic nitrogens is 2. The average molecular weight is 209 g/mol. The summed E-state index contributed by atoms with van der Waals surface area (Å²) in [7, 11) is 3.98. The Kier molecular flexibility index (Phi) is 3.91. The summed E-state index contributed by atoms with van der Waals surface area (Å²) >= 11 is 0. The second kappa shape index (κ2) is 4.79. The van der Waals surface area contributed by atoms with Crippen LogP contribution >= 0.6 is 0 Å². The number of hydrogen-bond acceptors (Lipinski definition) is 2. The van der Waals surface area contributed by atoms with Crippen LogP contribution in [0.4, 0.5) is 0 Å². The topological polar surface area (TPSA) is 29.9 Å². The van der Waals surface area contributed by atoms with Crippen LogP contribution in [0.1, 0.15) is 26.5 Å². The van der Waals surface area contributed by atoms with Crippen molar-refractivity contribution in [2.45, 2.75) is 27.2 Å². The van der Waals surface area contributed by atoms with Gasteiger partial charge in [0.25, 0.3) is 0 Å². The Hall–Kier alpha value is -0.830. The van der Waals surface area contributed by atoms with Crippen LogP contribution in [0.25, 0.3) is 0 Å². The van der Waals surface area contributed by atoms with Crippen LogP contribution in [-0.2, 0) is 13.5 Å². The van der Waals surface area contributed by atoms with E-state index in [4.69, 9.17) is 0 Å². The molecule has 0 fully saturated rings. The van der Waals surface area contributed by atoms with Gasteiger partial charge in [-0.1, -0.05) is 20.8 Å². The van der Waals surface area contributed by atoms with Gasteiger partial charge in [-0.25, -0.2) is 0 Å². The maximum absolute atomic E-state index is 4.44. The van der Waals surface area contributed by atoms with Crippen molar-refractivity contribution in [3.05, 3.63) is 18.0 Å². The first-order valence-electron chi connectivity index (χ1n) is 5.56. The molecule has 0 saturated carbocycles. The van der Waals surface area contributed by atoms with E-state index in [0.717, 1.165) is 13.0 Å². The fourth-order valence-electron chi connectivity index (χ4n) is 1.76. The van der Waals surface area contributed by atoms with Gasteiger partial charge in [-0.05, 0) is 37.4 Å². The second-order valence-corrected chi connectivity index (χ2v) is 5.31. The smallest absolute Gasteiger partial charge is 0.0627 e. The highest BCUT2D eigenvalue weighted by Gasteiger charge is 2.24. The molecule has 1 atom stereocenters. The minimum atomic E-state index is 0.320. The van der Waals surface area contributed by atoms with E-state index >= 15 is 0 Å². The third-order valence-corrected chi connectivity index (χ3v) is 2.90. The molecule has 0 spiro atoms. The molecule has 0 aliphatic heterocycles. The predicted molar refractivity (Wildman–Crippen MR) is 63.8 cm³/mol. The van der Waals surface area contributed by atoms with Crippen molar-refractivity contribution in [3.8, 4) is 0 Å². The molecular formula is C12H23N3. The van der Waals surface area contributed by atoms with Gasteiger partial charge in [0.15, 0.2) is 0 Å². The Balaban J connectivity index is 2.66. The van der Waals surface area contributed by atoms with Gasteiger partial charge in [-0.3, -0.25) is 4.68 Å². The Morgan fingerprint density at radius 1 is 1.47 bits per heavy atom. The molecule has 0 radical (unpaired) electrons. The van der Waals surface area contributed by atoms with Crippen LogP contribution in [0.15, 0.2) is 12.3 Å². The van der Waals surface area contributed by atoms with Crippen LogP contribution in [0.2, 0.25) is 0 Å². The number of aryl methyl sites for hydroxylation is 1. The lowest BCUT2D eigenvalue weighted by atomic mass is 9.78. The lowest BCUT2D eigenvalue weighted by molar-refractivity contribution is 0.233. The van der Waals surface area contributed by atoms with Crippen LogP contribution in [-0.4, -0.2) is 23.4 Å². The van der Waals surface area contributed by atoms with E-state index < -0.39 is 0 Å². The molecule has 15 heavy (non-hydrogen) atoms. The summed E-state index contributed by atoms with van der Waals surface area (Å²) in [5.41, 5.74) is 1.51. The Labute approximate surface area is 92.9 Å². The second-order valence-electron chi connectivity index (χ2n) is 5.31. The molecule has 1 aromatic heterocycles. The Morgan fingerprint density at radius 3 is 2.53 bits per heavy atom. The summed E-state index contributed by atoms with van der Waals surface area (Å²) < 4.78 is 1.87. The fraction of sp³-hybridized carbons (Fsp3) is 0.750. The molecule has 0 aliphatic rings. The molecular weight excluding hydrogens is 186 g/mol.